The van der Waals surface area contributed by atoms with Crippen LogP contribution in [0.15, 0.2) is 4.99 Å². The van der Waals surface area contributed by atoms with Crippen molar-refractivity contribution in [2.45, 2.75) is 64.3 Å². The van der Waals surface area contributed by atoms with E-state index in [1.165, 1.54) is 6.92 Å². The van der Waals surface area contributed by atoms with Gasteiger partial charge < -0.3 is 38.0 Å². The number of amides is 2. The van der Waals surface area contributed by atoms with Gasteiger partial charge in [-0.3, -0.25) is 14.6 Å². The molecule has 0 aromatic carbocycles. The summed E-state index contributed by atoms with van der Waals surface area (Å²) < 4.78 is 0. The maximum absolute atomic E-state index is 12.5. The maximum atomic E-state index is 12.5. The Balaban J connectivity index is 5.12. The number of hydrogen-bond donors (Lipinski definition) is 7. The summed E-state index contributed by atoms with van der Waals surface area (Å²) in [6.07, 6.45) is -0.344. The molecule has 0 aliphatic rings. The highest BCUT2D eigenvalue weighted by atomic mass is 16.4. The topological polar surface area (TPSA) is 206 Å². The minimum absolute atomic E-state index is 0.0463. The molecule has 0 aliphatic carbocycles. The van der Waals surface area contributed by atoms with Crippen LogP contribution in [-0.2, 0) is 14.4 Å². The second-order valence-corrected chi connectivity index (χ2v) is 6.81. The quantitative estimate of drug-likeness (QED) is 0.111. The fraction of sp³-hybridized carbons (Fsp3) is 0.750. The fourth-order valence-corrected chi connectivity index (χ4v) is 2.22. The molecule has 0 unspecified atom stereocenters. The minimum Gasteiger partial charge on any atom is -0.480 e. The van der Waals surface area contributed by atoms with Crippen LogP contribution in [-0.4, -0.2) is 64.7 Å². The Kier molecular flexibility index (Phi) is 11.0. The van der Waals surface area contributed by atoms with Crippen LogP contribution in [0.2, 0.25) is 0 Å². The van der Waals surface area contributed by atoms with Crippen LogP contribution >= 0.6 is 0 Å². The van der Waals surface area contributed by atoms with Crippen molar-refractivity contribution < 1.29 is 24.6 Å². The van der Waals surface area contributed by atoms with E-state index in [0.717, 1.165) is 0 Å². The lowest BCUT2D eigenvalue weighted by atomic mass is 10.0. The molecule has 0 bridgehead atoms. The molecule has 10 N–H and O–H groups in total. The number of carbonyl (C=O) groups is 3. The van der Waals surface area contributed by atoms with E-state index in [0.29, 0.717) is 6.42 Å². The van der Waals surface area contributed by atoms with Crippen molar-refractivity contribution in [3.05, 3.63) is 0 Å². The molecule has 2 amide bonds. The van der Waals surface area contributed by atoms with Crippen molar-refractivity contribution in [2.75, 3.05) is 6.54 Å². The van der Waals surface area contributed by atoms with E-state index in [2.05, 4.69) is 15.6 Å². The lowest BCUT2D eigenvalue weighted by molar-refractivity contribution is -0.142. The number of nitrogens with zero attached hydrogens (tertiary/aromatic N) is 1. The molecule has 4 atom stereocenters. The number of nitrogens with one attached hydrogen (secondary N) is 2. The molecule has 0 aromatic rings. The van der Waals surface area contributed by atoms with Crippen molar-refractivity contribution in [2.24, 2.45) is 28.1 Å². The molecule has 0 aromatic heterocycles. The van der Waals surface area contributed by atoms with Gasteiger partial charge >= 0.3 is 5.97 Å². The monoisotopic (exact) mass is 388 g/mol. The standard InChI is InChI=1S/C16H32N6O5/c1-8(2)7-11(15(26)27)22-13(24)10(5-4-6-20-16(18)19)21-14(25)12(17)9(3)23/h8-12,23H,4-7,17H2,1-3H3,(H,21,25)(H,22,24)(H,26,27)(H4,18,19,20)/t9-,10+,11+,12+/m1/s1. The van der Waals surface area contributed by atoms with E-state index in [1.54, 1.807) is 0 Å². The van der Waals surface area contributed by atoms with E-state index >= 15 is 0 Å². The second-order valence-electron chi connectivity index (χ2n) is 6.81. The molecule has 0 saturated carbocycles. The summed E-state index contributed by atoms with van der Waals surface area (Å²) in [5, 5.41) is 23.6. The summed E-state index contributed by atoms with van der Waals surface area (Å²) in [4.78, 5) is 39.7. The smallest absolute Gasteiger partial charge is 0.326 e. The van der Waals surface area contributed by atoms with Crippen molar-refractivity contribution in [1.82, 2.24) is 10.6 Å². The maximum Gasteiger partial charge on any atom is 0.326 e. The van der Waals surface area contributed by atoms with E-state index < -0.39 is 42.0 Å². The van der Waals surface area contributed by atoms with Crippen molar-refractivity contribution in [1.29, 1.82) is 0 Å². The second kappa shape index (κ2) is 12.1. The predicted octanol–water partition coefficient (Wildman–Crippen LogP) is -2.15. The zero-order chi connectivity index (χ0) is 21.1. The van der Waals surface area contributed by atoms with Gasteiger partial charge in [-0.25, -0.2) is 4.79 Å². The first kappa shape index (κ1) is 24.6. The largest absolute Gasteiger partial charge is 0.480 e. The van der Waals surface area contributed by atoms with Crippen molar-refractivity contribution in [3.63, 3.8) is 0 Å². The van der Waals surface area contributed by atoms with Gasteiger partial charge in [0.1, 0.15) is 18.1 Å². The van der Waals surface area contributed by atoms with Gasteiger partial charge in [0.05, 0.1) is 6.10 Å². The summed E-state index contributed by atoms with van der Waals surface area (Å²) in [6, 6.07) is -3.34. The summed E-state index contributed by atoms with van der Waals surface area (Å²) in [5.74, 6) is -2.59. The number of aliphatic hydroxyl groups excluding tert-OH is 1. The predicted molar refractivity (Wildman–Crippen MR) is 101 cm³/mol. The molecule has 0 heterocycles. The van der Waals surface area contributed by atoms with Crippen molar-refractivity contribution in [3.8, 4) is 0 Å². The number of carboxylic acid groups (broad SMARTS) is 1. The average Bonchev–Trinajstić information content (AvgIpc) is 2.54. The van der Waals surface area contributed by atoms with E-state index in [4.69, 9.17) is 17.2 Å². The van der Waals surface area contributed by atoms with Crippen LogP contribution in [0.3, 0.4) is 0 Å². The van der Waals surface area contributed by atoms with Gasteiger partial charge in [-0.05, 0) is 32.1 Å². The molecule has 0 rings (SSSR count). The summed E-state index contributed by atoms with van der Waals surface area (Å²) in [5.41, 5.74) is 16.1. The van der Waals surface area contributed by atoms with Gasteiger partial charge in [-0.15, -0.1) is 0 Å². The normalized spacial score (nSPS) is 15.3. The Morgan fingerprint density at radius 3 is 2.04 bits per heavy atom. The lowest BCUT2D eigenvalue weighted by Gasteiger charge is -2.24. The summed E-state index contributed by atoms with van der Waals surface area (Å²) in [6.45, 7) is 5.25. The van der Waals surface area contributed by atoms with Gasteiger partial charge in [0.2, 0.25) is 11.8 Å². The van der Waals surface area contributed by atoms with Gasteiger partial charge in [-0.1, -0.05) is 13.8 Å². The Labute approximate surface area is 158 Å². The summed E-state index contributed by atoms with van der Waals surface area (Å²) in [7, 11) is 0. The number of nitrogens with two attached hydrogens (primary N) is 3. The number of rotatable bonds is 12. The summed E-state index contributed by atoms with van der Waals surface area (Å²) >= 11 is 0. The molecular formula is C16H32N6O5. The number of hydrogen-bond acceptors (Lipinski definition) is 6. The first-order valence-corrected chi connectivity index (χ1v) is 8.78. The average molecular weight is 388 g/mol. The van der Waals surface area contributed by atoms with Crippen molar-refractivity contribution >= 4 is 23.7 Å². The highest BCUT2D eigenvalue weighted by Gasteiger charge is 2.29. The number of carboxylic acids is 1. The van der Waals surface area contributed by atoms with Gasteiger partial charge in [0, 0.05) is 6.54 Å². The van der Waals surface area contributed by atoms with Crippen LogP contribution in [0.25, 0.3) is 0 Å². The zero-order valence-electron chi connectivity index (χ0n) is 16.0. The Morgan fingerprint density at radius 1 is 1.04 bits per heavy atom. The number of guanidine groups is 1. The Morgan fingerprint density at radius 2 is 1.59 bits per heavy atom. The van der Waals surface area contributed by atoms with Crippen LogP contribution in [0.1, 0.15) is 40.0 Å². The number of aliphatic hydroxyl groups is 1. The van der Waals surface area contributed by atoms with E-state index in [1.807, 2.05) is 13.8 Å². The SMILES string of the molecule is CC(C)C[C@H](NC(=O)[C@H](CCCN=C(N)N)NC(=O)[C@@H](N)[C@@H](C)O)C(=O)O. The molecular weight excluding hydrogens is 356 g/mol. The molecule has 0 aliphatic heterocycles. The molecule has 11 nitrogen and oxygen atoms in total. The van der Waals surface area contributed by atoms with Crippen LogP contribution in [0.4, 0.5) is 0 Å². The first-order chi connectivity index (χ1) is 12.5. The fourth-order valence-electron chi connectivity index (χ4n) is 2.22. The number of aliphatic carboxylic acids is 1. The molecule has 0 fully saturated rings. The molecule has 0 saturated heterocycles. The number of aliphatic imine (C=N–C) groups is 1. The van der Waals surface area contributed by atoms with Gasteiger partial charge in [0.25, 0.3) is 0 Å². The van der Waals surface area contributed by atoms with Gasteiger partial charge in [-0.2, -0.15) is 0 Å². The third-order valence-electron chi connectivity index (χ3n) is 3.72. The third kappa shape index (κ3) is 10.4. The Hall–Kier alpha value is -2.40. The molecule has 156 valence electrons. The molecule has 27 heavy (non-hydrogen) atoms. The first-order valence-electron chi connectivity index (χ1n) is 8.78. The van der Waals surface area contributed by atoms with Gasteiger partial charge in [0.15, 0.2) is 5.96 Å². The Bertz CT molecular complexity index is 533. The molecule has 11 heteroatoms. The van der Waals surface area contributed by atoms with Crippen LogP contribution in [0, 0.1) is 5.92 Å². The zero-order valence-corrected chi connectivity index (χ0v) is 16.0. The van der Waals surface area contributed by atoms with Crippen LogP contribution in [0.5, 0.6) is 0 Å². The van der Waals surface area contributed by atoms with E-state index in [-0.39, 0.29) is 31.3 Å². The van der Waals surface area contributed by atoms with E-state index in [9.17, 15) is 24.6 Å². The highest BCUT2D eigenvalue weighted by molar-refractivity contribution is 5.91. The third-order valence-corrected chi connectivity index (χ3v) is 3.72. The molecule has 0 radical (unpaired) electrons. The minimum atomic E-state index is -1.22. The lowest BCUT2D eigenvalue weighted by Crippen LogP contribution is -2.56. The molecule has 0 spiro atoms. The van der Waals surface area contributed by atoms with Crippen LogP contribution < -0.4 is 27.8 Å². The number of carbonyl (C=O) groups excluding carboxylic acids is 2. The highest BCUT2D eigenvalue weighted by Crippen LogP contribution is 2.07.